The molecule has 1 saturated carbocycles. The molecule has 1 aliphatic rings. The van der Waals surface area contributed by atoms with Crippen molar-refractivity contribution in [1.82, 2.24) is 14.8 Å². The summed E-state index contributed by atoms with van der Waals surface area (Å²) in [6, 6.07) is 0. The normalized spacial score (nSPS) is 19.9. The third kappa shape index (κ3) is 2.40. The van der Waals surface area contributed by atoms with Crippen LogP contribution in [0.25, 0.3) is 0 Å². The molecule has 5 heteroatoms. The molecule has 4 nitrogen and oxygen atoms in total. The average molecular weight is 241 g/mol. The van der Waals surface area contributed by atoms with Gasteiger partial charge in [-0.3, -0.25) is 0 Å². The molecule has 0 aliphatic heterocycles. The van der Waals surface area contributed by atoms with Gasteiger partial charge in [-0.15, -0.1) is 10.2 Å². The molecule has 0 bridgehead atoms. The minimum Gasteiger partial charge on any atom is -0.388 e. The zero-order chi connectivity index (χ0) is 11.4. The van der Waals surface area contributed by atoms with Crippen molar-refractivity contribution in [2.75, 3.05) is 6.26 Å². The number of thioether (sulfide) groups is 1. The lowest BCUT2D eigenvalue weighted by Crippen LogP contribution is -2.33. The number of aliphatic hydroxyl groups excluding tert-OH is 1. The maximum atomic E-state index is 9.16. The fourth-order valence-corrected chi connectivity index (χ4v) is 3.43. The second kappa shape index (κ2) is 5.19. The lowest BCUT2D eigenvalue weighted by atomic mass is 9.88. The van der Waals surface area contributed by atoms with Gasteiger partial charge in [0.05, 0.1) is 0 Å². The first-order valence-corrected chi connectivity index (χ1v) is 7.05. The van der Waals surface area contributed by atoms with Gasteiger partial charge in [0.2, 0.25) is 0 Å². The van der Waals surface area contributed by atoms with E-state index >= 15 is 0 Å². The van der Waals surface area contributed by atoms with Gasteiger partial charge in [-0.1, -0.05) is 19.3 Å². The number of rotatable bonds is 4. The van der Waals surface area contributed by atoms with E-state index in [-0.39, 0.29) is 6.61 Å². The van der Waals surface area contributed by atoms with Gasteiger partial charge in [-0.25, -0.2) is 0 Å². The van der Waals surface area contributed by atoms with Crippen LogP contribution >= 0.6 is 11.8 Å². The van der Waals surface area contributed by atoms with E-state index in [0.29, 0.717) is 10.6 Å². The van der Waals surface area contributed by atoms with Crippen LogP contribution in [0.1, 0.15) is 37.9 Å². The van der Waals surface area contributed by atoms with Crippen LogP contribution in [0.2, 0.25) is 0 Å². The molecule has 1 aromatic rings. The van der Waals surface area contributed by atoms with Gasteiger partial charge in [-0.2, -0.15) is 11.8 Å². The summed E-state index contributed by atoms with van der Waals surface area (Å²) in [5.74, 6) is 0.680. The molecule has 0 radical (unpaired) electrons. The Bertz CT molecular complexity index is 334. The molecule has 0 spiro atoms. The summed E-state index contributed by atoms with van der Waals surface area (Å²) in [5, 5.41) is 17.0. The largest absolute Gasteiger partial charge is 0.388 e. The molecule has 0 amide bonds. The van der Waals surface area contributed by atoms with E-state index in [4.69, 9.17) is 5.11 Å². The van der Waals surface area contributed by atoms with Crippen molar-refractivity contribution in [3.05, 3.63) is 12.2 Å². The maximum absolute atomic E-state index is 9.16. The van der Waals surface area contributed by atoms with Crippen LogP contribution in [0.15, 0.2) is 6.33 Å². The number of nitrogens with zero attached hydrogens (tertiary/aromatic N) is 3. The summed E-state index contributed by atoms with van der Waals surface area (Å²) < 4.78 is 2.33. The molecule has 0 unspecified atom stereocenters. The van der Waals surface area contributed by atoms with Crippen molar-refractivity contribution in [3.63, 3.8) is 0 Å². The summed E-state index contributed by atoms with van der Waals surface area (Å²) in [4.78, 5) is 0. The molecule has 1 aromatic heterocycles. The second-order valence-electron chi connectivity index (χ2n) is 4.48. The van der Waals surface area contributed by atoms with Gasteiger partial charge >= 0.3 is 0 Å². The highest BCUT2D eigenvalue weighted by Gasteiger charge is 2.32. The van der Waals surface area contributed by atoms with Gasteiger partial charge in [0.25, 0.3) is 0 Å². The van der Waals surface area contributed by atoms with Crippen LogP contribution in [0.5, 0.6) is 0 Å². The predicted molar refractivity (Wildman–Crippen MR) is 65.3 cm³/mol. The molecule has 1 aliphatic carbocycles. The zero-order valence-corrected chi connectivity index (χ0v) is 10.5. The van der Waals surface area contributed by atoms with Crippen LogP contribution in [0, 0.1) is 0 Å². The molecular weight excluding hydrogens is 222 g/mol. The van der Waals surface area contributed by atoms with E-state index in [9.17, 15) is 0 Å². The molecule has 0 atom stereocenters. The highest BCUT2D eigenvalue weighted by Crippen LogP contribution is 2.39. The lowest BCUT2D eigenvalue weighted by Gasteiger charge is -2.36. The Morgan fingerprint density at radius 3 is 2.81 bits per heavy atom. The quantitative estimate of drug-likeness (QED) is 0.874. The zero-order valence-electron chi connectivity index (χ0n) is 9.72. The number of hydrogen-bond acceptors (Lipinski definition) is 4. The number of aromatic nitrogens is 3. The topological polar surface area (TPSA) is 50.9 Å². The average Bonchev–Trinajstić information content (AvgIpc) is 2.77. The van der Waals surface area contributed by atoms with Gasteiger partial charge < -0.3 is 9.67 Å². The highest BCUT2D eigenvalue weighted by atomic mass is 32.2. The fourth-order valence-electron chi connectivity index (χ4n) is 2.47. The smallest absolute Gasteiger partial charge is 0.158 e. The van der Waals surface area contributed by atoms with E-state index in [2.05, 4.69) is 16.5 Å². The first-order valence-electron chi connectivity index (χ1n) is 5.82. The Hall–Kier alpha value is -0.550. The summed E-state index contributed by atoms with van der Waals surface area (Å²) in [6.45, 7) is 0.904. The van der Waals surface area contributed by atoms with Crippen LogP contribution in [0.3, 0.4) is 0 Å². The summed E-state index contributed by atoms with van der Waals surface area (Å²) in [5.41, 5.74) is 0. The van der Waals surface area contributed by atoms with Crippen molar-refractivity contribution in [1.29, 1.82) is 0 Å². The summed E-state index contributed by atoms with van der Waals surface area (Å²) in [7, 11) is 0. The molecule has 0 aromatic carbocycles. The van der Waals surface area contributed by atoms with Gasteiger partial charge in [-0.05, 0) is 19.1 Å². The van der Waals surface area contributed by atoms with Crippen molar-refractivity contribution in [3.8, 4) is 0 Å². The Morgan fingerprint density at radius 1 is 1.44 bits per heavy atom. The Kier molecular flexibility index (Phi) is 3.86. The molecule has 1 heterocycles. The van der Waals surface area contributed by atoms with Crippen molar-refractivity contribution in [2.24, 2.45) is 0 Å². The Labute approximate surface area is 100 Å². The molecule has 1 N–H and O–H groups in total. The molecule has 90 valence electrons. The molecule has 16 heavy (non-hydrogen) atoms. The van der Waals surface area contributed by atoms with Gasteiger partial charge in [0.1, 0.15) is 12.9 Å². The maximum Gasteiger partial charge on any atom is 0.158 e. The highest BCUT2D eigenvalue weighted by molar-refractivity contribution is 8.00. The molecule has 2 rings (SSSR count). The third-order valence-corrected chi connectivity index (χ3v) is 4.90. The van der Waals surface area contributed by atoms with E-state index < -0.39 is 0 Å². The third-order valence-electron chi connectivity index (χ3n) is 3.49. The molecular formula is C11H19N3OS. The van der Waals surface area contributed by atoms with Crippen molar-refractivity contribution < 1.29 is 5.11 Å². The van der Waals surface area contributed by atoms with Crippen LogP contribution in [-0.2, 0) is 13.2 Å². The predicted octanol–water partition coefficient (Wildman–Crippen LogP) is 1.84. The van der Waals surface area contributed by atoms with Crippen LogP contribution in [-0.4, -0.2) is 30.9 Å². The lowest BCUT2D eigenvalue weighted by molar-refractivity contribution is 0.259. The number of aliphatic hydroxyl groups is 1. The van der Waals surface area contributed by atoms with E-state index in [1.54, 1.807) is 6.33 Å². The first kappa shape index (κ1) is 11.9. The minimum absolute atomic E-state index is 0.0234. The van der Waals surface area contributed by atoms with Crippen LogP contribution < -0.4 is 0 Å². The number of hydrogen-bond donors (Lipinski definition) is 1. The summed E-state index contributed by atoms with van der Waals surface area (Å²) >= 11 is 1.95. The fraction of sp³-hybridized carbons (Fsp3) is 0.818. The molecule has 0 saturated heterocycles. The summed E-state index contributed by atoms with van der Waals surface area (Å²) in [6.07, 6.45) is 10.4. The van der Waals surface area contributed by atoms with Crippen molar-refractivity contribution in [2.45, 2.75) is 50.0 Å². The van der Waals surface area contributed by atoms with Crippen LogP contribution in [0.4, 0.5) is 0 Å². The van der Waals surface area contributed by atoms with E-state index in [1.165, 1.54) is 32.1 Å². The second-order valence-corrected chi connectivity index (χ2v) is 5.76. The SMILES string of the molecule is CSC1(Cn2cnnc2CO)CCCCC1. The Morgan fingerprint density at radius 2 is 2.19 bits per heavy atom. The monoisotopic (exact) mass is 241 g/mol. The minimum atomic E-state index is -0.0234. The van der Waals surface area contributed by atoms with Gasteiger partial charge in [0, 0.05) is 11.3 Å². The molecule has 1 fully saturated rings. The van der Waals surface area contributed by atoms with E-state index in [0.717, 1.165) is 6.54 Å². The standard InChI is InChI=1S/C11H19N3OS/c1-16-11(5-3-2-4-6-11)8-14-9-12-13-10(14)7-15/h9,15H,2-8H2,1H3. The first-order chi connectivity index (χ1) is 7.79. The van der Waals surface area contributed by atoms with E-state index in [1.807, 2.05) is 16.3 Å². The van der Waals surface area contributed by atoms with Crippen molar-refractivity contribution >= 4 is 11.8 Å². The Balaban J connectivity index is 2.11. The van der Waals surface area contributed by atoms with Gasteiger partial charge in [0.15, 0.2) is 5.82 Å².